The summed E-state index contributed by atoms with van der Waals surface area (Å²) >= 11 is 0. The summed E-state index contributed by atoms with van der Waals surface area (Å²) in [6.45, 7) is 2.13. The van der Waals surface area contributed by atoms with E-state index in [1.807, 2.05) is 30.5 Å². The molecule has 0 fully saturated rings. The van der Waals surface area contributed by atoms with E-state index in [4.69, 9.17) is 10.5 Å². The Balaban J connectivity index is 1.98. The third-order valence-electron chi connectivity index (χ3n) is 3.01. The molecule has 4 heteroatoms. The summed E-state index contributed by atoms with van der Waals surface area (Å²) in [5, 5.41) is 3.26. The molecule has 92 valence electrons. The van der Waals surface area contributed by atoms with Crippen LogP contribution in [-0.4, -0.2) is 18.1 Å². The molecule has 1 aliphatic heterocycles. The van der Waals surface area contributed by atoms with Crippen molar-refractivity contribution in [3.8, 4) is 11.1 Å². The molecule has 0 atom stereocenters. The molecule has 2 heterocycles. The van der Waals surface area contributed by atoms with Crippen LogP contribution in [0.1, 0.15) is 5.56 Å². The van der Waals surface area contributed by atoms with Gasteiger partial charge in [0.15, 0.2) is 0 Å². The quantitative estimate of drug-likeness (QED) is 0.752. The molecule has 3 rings (SSSR count). The number of nitrogens with two attached hydrogens (primary N) is 1. The van der Waals surface area contributed by atoms with Gasteiger partial charge in [-0.05, 0) is 23.8 Å². The third-order valence-corrected chi connectivity index (χ3v) is 3.01. The van der Waals surface area contributed by atoms with Gasteiger partial charge in [-0.1, -0.05) is 12.1 Å². The molecule has 1 aliphatic rings. The van der Waals surface area contributed by atoms with E-state index in [9.17, 15) is 0 Å². The Kier molecular flexibility index (Phi) is 2.86. The fraction of sp³-hybridized carbons (Fsp3) is 0.214. The van der Waals surface area contributed by atoms with Crippen molar-refractivity contribution in [3.63, 3.8) is 0 Å². The summed E-state index contributed by atoms with van der Waals surface area (Å²) in [6.07, 6.45) is 1.88. The molecule has 0 radical (unpaired) electrons. The van der Waals surface area contributed by atoms with Gasteiger partial charge in [-0.15, -0.1) is 0 Å². The van der Waals surface area contributed by atoms with Crippen LogP contribution in [0.4, 0.5) is 11.5 Å². The minimum absolute atomic E-state index is 0.609. The first-order chi connectivity index (χ1) is 8.83. The van der Waals surface area contributed by atoms with Crippen LogP contribution in [0, 0.1) is 0 Å². The molecule has 3 N–H and O–H groups in total. The molecule has 1 aromatic carbocycles. The molecule has 2 aromatic rings. The first-order valence-electron chi connectivity index (χ1n) is 5.99. The Bertz CT molecular complexity index is 551. The number of benzene rings is 1. The summed E-state index contributed by atoms with van der Waals surface area (Å²) in [6, 6.07) is 9.92. The summed E-state index contributed by atoms with van der Waals surface area (Å²) < 4.78 is 5.51. The highest BCUT2D eigenvalue weighted by molar-refractivity contribution is 5.67. The topological polar surface area (TPSA) is 60.2 Å². The average molecular weight is 241 g/mol. The zero-order valence-electron chi connectivity index (χ0n) is 10.0. The molecule has 1 aromatic heterocycles. The van der Waals surface area contributed by atoms with E-state index in [-0.39, 0.29) is 0 Å². The van der Waals surface area contributed by atoms with E-state index in [1.165, 1.54) is 0 Å². The smallest absolute Gasteiger partial charge is 0.131 e. The van der Waals surface area contributed by atoms with E-state index in [0.717, 1.165) is 34.7 Å². The van der Waals surface area contributed by atoms with E-state index in [1.54, 1.807) is 0 Å². The van der Waals surface area contributed by atoms with Crippen molar-refractivity contribution in [1.29, 1.82) is 0 Å². The van der Waals surface area contributed by atoms with Crippen molar-refractivity contribution >= 4 is 11.5 Å². The second-order valence-corrected chi connectivity index (χ2v) is 4.33. The number of hydrogen-bond acceptors (Lipinski definition) is 4. The van der Waals surface area contributed by atoms with Gasteiger partial charge in [-0.3, -0.25) is 0 Å². The first-order valence-corrected chi connectivity index (χ1v) is 5.99. The van der Waals surface area contributed by atoms with Crippen LogP contribution in [0.15, 0.2) is 36.5 Å². The van der Waals surface area contributed by atoms with E-state index in [2.05, 4.69) is 16.4 Å². The molecule has 18 heavy (non-hydrogen) atoms. The maximum Gasteiger partial charge on any atom is 0.131 e. The Morgan fingerprint density at radius 3 is 2.83 bits per heavy atom. The zero-order valence-corrected chi connectivity index (χ0v) is 10.0. The van der Waals surface area contributed by atoms with E-state index in [0.29, 0.717) is 13.2 Å². The Labute approximate surface area is 106 Å². The molecule has 0 saturated heterocycles. The number of ether oxygens (including phenoxy) is 1. The van der Waals surface area contributed by atoms with Crippen LogP contribution in [0.25, 0.3) is 11.1 Å². The molecular formula is C14H15N3O. The molecule has 0 amide bonds. The number of nitrogens with zero attached hydrogens (tertiary/aromatic N) is 1. The predicted molar refractivity (Wildman–Crippen MR) is 72.2 cm³/mol. The number of anilines is 2. The molecule has 0 unspecified atom stereocenters. The van der Waals surface area contributed by atoms with Crippen molar-refractivity contribution < 1.29 is 4.74 Å². The number of nitrogens with one attached hydrogen (secondary N) is 1. The fourth-order valence-electron chi connectivity index (χ4n) is 2.04. The molecule has 0 aliphatic carbocycles. The second kappa shape index (κ2) is 4.66. The van der Waals surface area contributed by atoms with Gasteiger partial charge < -0.3 is 15.8 Å². The molecule has 0 bridgehead atoms. The maximum atomic E-state index is 5.69. The summed E-state index contributed by atoms with van der Waals surface area (Å²) in [4.78, 5) is 4.46. The zero-order chi connectivity index (χ0) is 12.4. The summed E-state index contributed by atoms with van der Waals surface area (Å²) in [5.74, 6) is 0.923. The SMILES string of the molecule is Nc1ccc(-c2cnc3c(c2)COCCN3)cc1. The van der Waals surface area contributed by atoms with Crippen molar-refractivity contribution in [2.75, 3.05) is 24.2 Å². The van der Waals surface area contributed by atoms with Crippen LogP contribution < -0.4 is 11.1 Å². The lowest BCUT2D eigenvalue weighted by atomic mass is 10.1. The summed E-state index contributed by atoms with van der Waals surface area (Å²) in [7, 11) is 0. The highest BCUT2D eigenvalue weighted by Gasteiger charge is 2.10. The molecular weight excluding hydrogens is 226 g/mol. The highest BCUT2D eigenvalue weighted by Crippen LogP contribution is 2.25. The van der Waals surface area contributed by atoms with Crippen molar-refractivity contribution in [2.24, 2.45) is 0 Å². The van der Waals surface area contributed by atoms with Gasteiger partial charge in [0.25, 0.3) is 0 Å². The first kappa shape index (κ1) is 11.0. The van der Waals surface area contributed by atoms with Gasteiger partial charge >= 0.3 is 0 Å². The average Bonchev–Trinajstić information content (AvgIpc) is 2.64. The molecule has 0 saturated carbocycles. The second-order valence-electron chi connectivity index (χ2n) is 4.33. The van der Waals surface area contributed by atoms with Gasteiger partial charge in [0, 0.05) is 29.6 Å². The van der Waals surface area contributed by atoms with Crippen molar-refractivity contribution in [3.05, 3.63) is 42.1 Å². The maximum absolute atomic E-state index is 5.69. The molecule has 4 nitrogen and oxygen atoms in total. The normalized spacial score (nSPS) is 14.4. The molecule has 0 spiro atoms. The monoisotopic (exact) mass is 241 g/mol. The number of pyridine rings is 1. The van der Waals surface area contributed by atoms with Crippen LogP contribution >= 0.6 is 0 Å². The Morgan fingerprint density at radius 1 is 1.17 bits per heavy atom. The number of rotatable bonds is 1. The summed E-state index contributed by atoms with van der Waals surface area (Å²) in [5.41, 5.74) is 9.76. The van der Waals surface area contributed by atoms with E-state index >= 15 is 0 Å². The fourth-order valence-corrected chi connectivity index (χ4v) is 2.04. The lowest BCUT2D eigenvalue weighted by molar-refractivity contribution is 0.134. The number of hydrogen-bond donors (Lipinski definition) is 2. The largest absolute Gasteiger partial charge is 0.399 e. The van der Waals surface area contributed by atoms with Crippen LogP contribution in [0.5, 0.6) is 0 Å². The lowest BCUT2D eigenvalue weighted by Gasteiger charge is -2.08. The van der Waals surface area contributed by atoms with Crippen LogP contribution in [0.2, 0.25) is 0 Å². The van der Waals surface area contributed by atoms with Gasteiger partial charge in [0.1, 0.15) is 5.82 Å². The number of aromatic nitrogens is 1. The van der Waals surface area contributed by atoms with Crippen LogP contribution in [-0.2, 0) is 11.3 Å². The van der Waals surface area contributed by atoms with Crippen LogP contribution in [0.3, 0.4) is 0 Å². The van der Waals surface area contributed by atoms with Gasteiger partial charge in [-0.2, -0.15) is 0 Å². The third kappa shape index (κ3) is 2.15. The number of nitrogen functional groups attached to an aromatic ring is 1. The highest BCUT2D eigenvalue weighted by atomic mass is 16.5. The number of fused-ring (bicyclic) bond motifs is 1. The van der Waals surface area contributed by atoms with Gasteiger partial charge in [0.05, 0.1) is 13.2 Å². The minimum atomic E-state index is 0.609. The standard InChI is InChI=1S/C14H15N3O/c15-13-3-1-10(2-4-13)11-7-12-9-18-6-5-16-14(12)17-8-11/h1-4,7-8H,5-6,9,15H2,(H,16,17). The van der Waals surface area contributed by atoms with Gasteiger partial charge in [0.2, 0.25) is 0 Å². The van der Waals surface area contributed by atoms with Crippen molar-refractivity contribution in [2.45, 2.75) is 6.61 Å². The predicted octanol–water partition coefficient (Wildman–Crippen LogP) is 2.27. The van der Waals surface area contributed by atoms with Gasteiger partial charge in [-0.25, -0.2) is 4.98 Å². The minimum Gasteiger partial charge on any atom is -0.399 e. The van der Waals surface area contributed by atoms with E-state index < -0.39 is 0 Å². The van der Waals surface area contributed by atoms with Crippen molar-refractivity contribution in [1.82, 2.24) is 4.98 Å². The Hall–Kier alpha value is -2.07. The lowest BCUT2D eigenvalue weighted by Crippen LogP contribution is -2.05. The Morgan fingerprint density at radius 2 is 2.00 bits per heavy atom.